The molecule has 1 rings (SSSR count). The summed E-state index contributed by atoms with van der Waals surface area (Å²) in [6, 6.07) is 0. The van der Waals surface area contributed by atoms with Gasteiger partial charge in [0.1, 0.15) is 6.73 Å². The quantitative estimate of drug-likeness (QED) is 0.375. The number of morpholine rings is 1. The molecule has 0 aromatic carbocycles. The Kier molecular flexibility index (Phi) is 6.30. The van der Waals surface area contributed by atoms with Crippen LogP contribution in [0.1, 0.15) is 0 Å². The molecule has 8 heteroatoms. The summed E-state index contributed by atoms with van der Waals surface area (Å²) < 4.78 is 14.8. The number of nitrogens with one attached hydrogen (secondary N) is 2. The van der Waals surface area contributed by atoms with Gasteiger partial charge in [0, 0.05) is 13.1 Å². The van der Waals surface area contributed by atoms with E-state index >= 15 is 0 Å². The average molecular weight is 247 g/mol. The molecule has 1 aliphatic rings. The highest BCUT2D eigenvalue weighted by Crippen LogP contribution is 1.95. The molecule has 8 nitrogen and oxygen atoms in total. The van der Waals surface area contributed by atoms with E-state index in [4.69, 9.17) is 15.2 Å². The van der Waals surface area contributed by atoms with Crippen LogP contribution in [0.25, 0.3) is 0 Å². The van der Waals surface area contributed by atoms with E-state index in [0.717, 1.165) is 13.1 Å². The largest absolute Gasteiger partial charge is 0.440 e. The molecule has 1 atom stereocenters. The monoisotopic (exact) mass is 247 g/mol. The molecule has 2 amide bonds. The lowest BCUT2D eigenvalue weighted by atomic mass is 10.3. The minimum absolute atomic E-state index is 0.00233. The van der Waals surface area contributed by atoms with Crippen molar-refractivity contribution in [2.24, 2.45) is 5.73 Å². The Morgan fingerprint density at radius 2 is 2.35 bits per heavy atom. The zero-order chi connectivity index (χ0) is 12.5. The van der Waals surface area contributed by atoms with Crippen molar-refractivity contribution in [3.63, 3.8) is 0 Å². The zero-order valence-electron chi connectivity index (χ0n) is 9.44. The van der Waals surface area contributed by atoms with Gasteiger partial charge in [0.15, 0.2) is 6.61 Å². The molecule has 1 aliphatic heterocycles. The Hall–Kier alpha value is -1.38. The highest BCUT2D eigenvalue weighted by Gasteiger charge is 2.13. The number of ether oxygens (including phenoxy) is 3. The highest BCUT2D eigenvalue weighted by atomic mass is 16.6. The summed E-state index contributed by atoms with van der Waals surface area (Å²) in [6.45, 7) is 2.27. The third-order valence-electron chi connectivity index (χ3n) is 2.03. The minimum Gasteiger partial charge on any atom is -0.440 e. The molecule has 0 saturated carbocycles. The summed E-state index contributed by atoms with van der Waals surface area (Å²) in [5.41, 5.74) is 4.70. The van der Waals surface area contributed by atoms with Crippen molar-refractivity contribution in [3.05, 3.63) is 0 Å². The fourth-order valence-corrected chi connectivity index (χ4v) is 1.24. The lowest BCUT2D eigenvalue weighted by Crippen LogP contribution is -2.42. The maximum Gasteiger partial charge on any atom is 0.405 e. The Morgan fingerprint density at radius 1 is 1.53 bits per heavy atom. The number of amides is 2. The van der Waals surface area contributed by atoms with Crippen LogP contribution >= 0.6 is 0 Å². The first-order chi connectivity index (χ1) is 8.18. The topological polar surface area (TPSA) is 112 Å². The van der Waals surface area contributed by atoms with Gasteiger partial charge in [-0.05, 0) is 0 Å². The van der Waals surface area contributed by atoms with E-state index in [-0.39, 0.29) is 12.8 Å². The molecule has 0 aliphatic carbocycles. The Balaban J connectivity index is 1.95. The molecule has 17 heavy (non-hydrogen) atoms. The highest BCUT2D eigenvalue weighted by molar-refractivity contribution is 5.79. The molecular formula is C9H17N3O5. The molecule has 0 radical (unpaired) electrons. The summed E-state index contributed by atoms with van der Waals surface area (Å²) in [5.74, 6) is -0.466. The second-order valence-corrected chi connectivity index (χ2v) is 3.42. The second kappa shape index (κ2) is 7.82. The van der Waals surface area contributed by atoms with Crippen LogP contribution in [0.15, 0.2) is 0 Å². The number of hydrogen-bond acceptors (Lipinski definition) is 6. The third kappa shape index (κ3) is 6.72. The van der Waals surface area contributed by atoms with Crippen LogP contribution in [0.3, 0.4) is 0 Å². The van der Waals surface area contributed by atoms with Gasteiger partial charge in [-0.2, -0.15) is 0 Å². The second-order valence-electron chi connectivity index (χ2n) is 3.42. The fourth-order valence-electron chi connectivity index (χ4n) is 1.24. The number of carbonyl (C=O) groups excluding carboxylic acids is 2. The number of primary amides is 1. The van der Waals surface area contributed by atoms with Crippen LogP contribution in [0.4, 0.5) is 4.79 Å². The van der Waals surface area contributed by atoms with Crippen LogP contribution in [0.5, 0.6) is 0 Å². The van der Waals surface area contributed by atoms with Gasteiger partial charge in [-0.15, -0.1) is 0 Å². The zero-order valence-corrected chi connectivity index (χ0v) is 9.44. The van der Waals surface area contributed by atoms with Crippen molar-refractivity contribution in [1.82, 2.24) is 10.6 Å². The summed E-state index contributed by atoms with van der Waals surface area (Å²) in [4.78, 5) is 21.2. The first kappa shape index (κ1) is 13.7. The fraction of sp³-hybridized carbons (Fsp3) is 0.778. The number of carbonyl (C=O) groups is 2. The smallest absolute Gasteiger partial charge is 0.405 e. The summed E-state index contributed by atoms with van der Waals surface area (Å²) >= 11 is 0. The van der Waals surface area contributed by atoms with Crippen molar-refractivity contribution >= 4 is 12.0 Å². The molecule has 0 bridgehead atoms. The first-order valence-corrected chi connectivity index (χ1v) is 5.27. The summed E-state index contributed by atoms with van der Waals surface area (Å²) in [7, 11) is 0. The van der Waals surface area contributed by atoms with E-state index in [1.165, 1.54) is 0 Å². The van der Waals surface area contributed by atoms with Gasteiger partial charge in [0.05, 0.1) is 19.3 Å². The summed E-state index contributed by atoms with van der Waals surface area (Å²) in [5, 5.41) is 5.56. The Morgan fingerprint density at radius 3 is 3.00 bits per heavy atom. The average Bonchev–Trinajstić information content (AvgIpc) is 2.33. The maximum absolute atomic E-state index is 11.0. The van der Waals surface area contributed by atoms with E-state index < -0.39 is 18.6 Å². The van der Waals surface area contributed by atoms with Crippen molar-refractivity contribution in [2.75, 3.05) is 39.6 Å². The standard InChI is InChI=1S/C9H17N3O5/c10-9(14)17-5-8(13)12-6-15-4-7-3-11-1-2-16-7/h7,11H,1-6H2,(H2,10,14)(H,12,13)/t7-/m0/s1. The van der Waals surface area contributed by atoms with Gasteiger partial charge in [0.25, 0.3) is 5.91 Å². The van der Waals surface area contributed by atoms with Crippen LogP contribution in [-0.2, 0) is 19.0 Å². The van der Waals surface area contributed by atoms with E-state index in [9.17, 15) is 9.59 Å². The van der Waals surface area contributed by atoms with E-state index in [0.29, 0.717) is 13.2 Å². The van der Waals surface area contributed by atoms with Gasteiger partial charge < -0.3 is 30.6 Å². The van der Waals surface area contributed by atoms with E-state index in [1.54, 1.807) is 0 Å². The van der Waals surface area contributed by atoms with E-state index in [2.05, 4.69) is 15.4 Å². The normalized spacial score (nSPS) is 19.6. The number of nitrogens with two attached hydrogens (primary N) is 1. The molecule has 1 fully saturated rings. The SMILES string of the molecule is NC(=O)OCC(=O)NCOC[C@@H]1CNCCO1. The van der Waals surface area contributed by atoms with Crippen LogP contribution in [0.2, 0.25) is 0 Å². The van der Waals surface area contributed by atoms with Crippen molar-refractivity contribution in [3.8, 4) is 0 Å². The Bertz CT molecular complexity index is 255. The van der Waals surface area contributed by atoms with Gasteiger partial charge in [-0.25, -0.2) is 4.79 Å². The molecule has 0 aromatic heterocycles. The van der Waals surface area contributed by atoms with Crippen LogP contribution < -0.4 is 16.4 Å². The Labute approximate surface area is 98.8 Å². The van der Waals surface area contributed by atoms with Gasteiger partial charge >= 0.3 is 6.09 Å². The van der Waals surface area contributed by atoms with Gasteiger partial charge in [-0.1, -0.05) is 0 Å². The minimum atomic E-state index is -0.984. The van der Waals surface area contributed by atoms with Crippen LogP contribution in [-0.4, -0.2) is 57.7 Å². The lowest BCUT2D eigenvalue weighted by molar-refractivity contribution is -0.126. The molecule has 4 N–H and O–H groups in total. The van der Waals surface area contributed by atoms with Crippen molar-refractivity contribution in [2.45, 2.75) is 6.10 Å². The molecule has 98 valence electrons. The summed E-state index contributed by atoms with van der Waals surface area (Å²) in [6.07, 6.45) is -0.981. The molecule has 1 heterocycles. The molecule has 0 unspecified atom stereocenters. The number of hydrogen-bond donors (Lipinski definition) is 3. The van der Waals surface area contributed by atoms with Crippen molar-refractivity contribution in [1.29, 1.82) is 0 Å². The van der Waals surface area contributed by atoms with Gasteiger partial charge in [0.2, 0.25) is 0 Å². The predicted octanol–water partition coefficient (Wildman–Crippen LogP) is -1.84. The maximum atomic E-state index is 11.0. The predicted molar refractivity (Wildman–Crippen MR) is 57.1 cm³/mol. The van der Waals surface area contributed by atoms with Crippen LogP contribution in [0, 0.1) is 0 Å². The molecular weight excluding hydrogens is 230 g/mol. The third-order valence-corrected chi connectivity index (χ3v) is 2.03. The lowest BCUT2D eigenvalue weighted by Gasteiger charge is -2.23. The molecule has 0 aromatic rings. The first-order valence-electron chi connectivity index (χ1n) is 5.27. The molecule has 1 saturated heterocycles. The van der Waals surface area contributed by atoms with Crippen molar-refractivity contribution < 1.29 is 23.8 Å². The number of rotatable bonds is 6. The van der Waals surface area contributed by atoms with E-state index in [1.807, 2.05) is 0 Å². The molecule has 0 spiro atoms. The van der Waals surface area contributed by atoms with Gasteiger partial charge in [-0.3, -0.25) is 4.79 Å².